The molecule has 1 aliphatic rings. The molecule has 4 heteroatoms. The van der Waals surface area contributed by atoms with Crippen molar-refractivity contribution in [2.45, 2.75) is 26.3 Å². The van der Waals surface area contributed by atoms with Gasteiger partial charge in [-0.1, -0.05) is 6.07 Å². The number of piperazine rings is 1. The summed E-state index contributed by atoms with van der Waals surface area (Å²) in [7, 11) is 0. The predicted molar refractivity (Wildman–Crippen MR) is 85.9 cm³/mol. The third kappa shape index (κ3) is 4.48. The van der Waals surface area contributed by atoms with E-state index in [9.17, 15) is 0 Å². The highest BCUT2D eigenvalue weighted by Gasteiger charge is 2.15. The molecule has 1 unspecified atom stereocenters. The number of nitrogens with zero attached hydrogens (tertiary/aromatic N) is 1. The van der Waals surface area contributed by atoms with E-state index in [2.05, 4.69) is 63.5 Å². The lowest BCUT2D eigenvalue weighted by molar-refractivity contribution is 0.179. The van der Waals surface area contributed by atoms with Crippen molar-refractivity contribution in [3.05, 3.63) is 28.2 Å². The molecule has 2 rings (SSSR count). The second-order valence-electron chi connectivity index (χ2n) is 5.33. The van der Waals surface area contributed by atoms with Gasteiger partial charge in [0.1, 0.15) is 0 Å². The van der Waals surface area contributed by atoms with Gasteiger partial charge in [0.15, 0.2) is 0 Å². The Balaban J connectivity index is 1.76. The number of anilines is 1. The van der Waals surface area contributed by atoms with Gasteiger partial charge in [-0.15, -0.1) is 0 Å². The van der Waals surface area contributed by atoms with Crippen molar-refractivity contribution in [1.29, 1.82) is 0 Å². The van der Waals surface area contributed by atoms with Gasteiger partial charge < -0.3 is 10.6 Å². The zero-order valence-electron chi connectivity index (χ0n) is 11.9. The van der Waals surface area contributed by atoms with Gasteiger partial charge in [-0.3, -0.25) is 4.90 Å². The number of hydrogen-bond donors (Lipinski definition) is 2. The van der Waals surface area contributed by atoms with E-state index in [-0.39, 0.29) is 0 Å². The maximum absolute atomic E-state index is 3.61. The summed E-state index contributed by atoms with van der Waals surface area (Å²) < 4.78 is 1.15. The first-order valence-corrected chi connectivity index (χ1v) is 7.91. The van der Waals surface area contributed by atoms with Crippen LogP contribution in [0.3, 0.4) is 0 Å². The van der Waals surface area contributed by atoms with E-state index in [1.54, 1.807) is 0 Å². The van der Waals surface area contributed by atoms with Crippen molar-refractivity contribution in [1.82, 2.24) is 10.2 Å². The van der Waals surface area contributed by atoms with Gasteiger partial charge in [-0.2, -0.15) is 0 Å². The van der Waals surface area contributed by atoms with E-state index >= 15 is 0 Å². The van der Waals surface area contributed by atoms with Gasteiger partial charge in [0, 0.05) is 48.9 Å². The Labute approximate surface area is 124 Å². The highest BCUT2D eigenvalue weighted by Crippen LogP contribution is 2.23. The summed E-state index contributed by atoms with van der Waals surface area (Å²) in [5, 5.41) is 6.92. The second-order valence-corrected chi connectivity index (χ2v) is 6.19. The molecule has 3 nitrogen and oxygen atoms in total. The minimum absolute atomic E-state index is 0.652. The summed E-state index contributed by atoms with van der Waals surface area (Å²) in [6.07, 6.45) is 1.18. The summed E-state index contributed by atoms with van der Waals surface area (Å²) >= 11 is 3.61. The van der Waals surface area contributed by atoms with Gasteiger partial charge in [0.25, 0.3) is 0 Å². The first kappa shape index (κ1) is 14.8. The third-order valence-electron chi connectivity index (χ3n) is 3.78. The molecular formula is C15H24BrN3. The standard InChI is InChI=1S/C15H24BrN3/c1-12-3-4-15(14(16)11-12)18-6-5-13(2)19-9-7-17-8-10-19/h3-4,11,13,17-18H,5-10H2,1-2H3. The van der Waals surface area contributed by atoms with Crippen molar-refractivity contribution in [3.8, 4) is 0 Å². The summed E-state index contributed by atoms with van der Waals surface area (Å²) in [5.74, 6) is 0. The summed E-state index contributed by atoms with van der Waals surface area (Å²) in [6, 6.07) is 7.10. The van der Waals surface area contributed by atoms with Crippen molar-refractivity contribution >= 4 is 21.6 Å². The molecule has 2 N–H and O–H groups in total. The minimum atomic E-state index is 0.652. The first-order chi connectivity index (χ1) is 9.16. The zero-order valence-corrected chi connectivity index (χ0v) is 13.5. The Hall–Kier alpha value is -0.580. The molecule has 1 saturated heterocycles. The van der Waals surface area contributed by atoms with E-state index in [1.807, 2.05) is 0 Å². The van der Waals surface area contributed by atoms with E-state index in [1.165, 1.54) is 30.8 Å². The molecule has 0 amide bonds. The lowest BCUT2D eigenvalue weighted by atomic mass is 10.1. The Kier molecular flexibility index (Phi) is 5.67. The van der Waals surface area contributed by atoms with E-state index < -0.39 is 0 Å². The maximum atomic E-state index is 3.61. The van der Waals surface area contributed by atoms with Gasteiger partial charge in [-0.25, -0.2) is 0 Å². The highest BCUT2D eigenvalue weighted by molar-refractivity contribution is 9.10. The molecule has 0 saturated carbocycles. The fourth-order valence-corrected chi connectivity index (χ4v) is 3.12. The molecule has 1 aliphatic heterocycles. The van der Waals surface area contributed by atoms with Crippen LogP contribution < -0.4 is 10.6 Å². The molecule has 1 aromatic carbocycles. The van der Waals surface area contributed by atoms with Crippen molar-refractivity contribution in [2.75, 3.05) is 38.0 Å². The van der Waals surface area contributed by atoms with Crippen LogP contribution in [0.2, 0.25) is 0 Å². The molecule has 1 heterocycles. The van der Waals surface area contributed by atoms with Crippen LogP contribution in [0.1, 0.15) is 18.9 Å². The number of aryl methyl sites for hydroxylation is 1. The number of rotatable bonds is 5. The van der Waals surface area contributed by atoms with Crippen molar-refractivity contribution in [2.24, 2.45) is 0 Å². The maximum Gasteiger partial charge on any atom is 0.0484 e. The largest absolute Gasteiger partial charge is 0.384 e. The lowest BCUT2D eigenvalue weighted by Gasteiger charge is -2.32. The molecule has 0 radical (unpaired) electrons. The lowest BCUT2D eigenvalue weighted by Crippen LogP contribution is -2.47. The first-order valence-electron chi connectivity index (χ1n) is 7.11. The van der Waals surface area contributed by atoms with Gasteiger partial charge in [0.05, 0.1) is 0 Å². The van der Waals surface area contributed by atoms with Crippen LogP contribution in [0.5, 0.6) is 0 Å². The fraction of sp³-hybridized carbons (Fsp3) is 0.600. The molecule has 0 aliphatic carbocycles. The Morgan fingerprint density at radius 1 is 1.37 bits per heavy atom. The van der Waals surface area contributed by atoms with E-state index in [0.29, 0.717) is 6.04 Å². The molecule has 1 atom stereocenters. The molecule has 106 valence electrons. The predicted octanol–water partition coefficient (Wildman–Crippen LogP) is 2.85. The summed E-state index contributed by atoms with van der Waals surface area (Å²) in [5.41, 5.74) is 2.48. The Morgan fingerprint density at radius 2 is 2.11 bits per heavy atom. The van der Waals surface area contributed by atoms with Crippen molar-refractivity contribution in [3.63, 3.8) is 0 Å². The molecule has 0 bridgehead atoms. The second kappa shape index (κ2) is 7.27. The van der Waals surface area contributed by atoms with Crippen molar-refractivity contribution < 1.29 is 0 Å². The number of halogens is 1. The fourth-order valence-electron chi connectivity index (χ4n) is 2.48. The van der Waals surface area contributed by atoms with Crippen LogP contribution >= 0.6 is 15.9 Å². The highest BCUT2D eigenvalue weighted by atomic mass is 79.9. The normalized spacial score (nSPS) is 18.3. The minimum Gasteiger partial charge on any atom is -0.384 e. The number of hydrogen-bond acceptors (Lipinski definition) is 3. The molecule has 0 aromatic heterocycles. The van der Waals surface area contributed by atoms with E-state index in [4.69, 9.17) is 0 Å². The van der Waals surface area contributed by atoms with E-state index in [0.717, 1.165) is 24.1 Å². The smallest absolute Gasteiger partial charge is 0.0484 e. The van der Waals surface area contributed by atoms with Gasteiger partial charge >= 0.3 is 0 Å². The van der Waals surface area contributed by atoms with Crippen LogP contribution in [0, 0.1) is 6.92 Å². The molecule has 0 spiro atoms. The van der Waals surface area contributed by atoms with Crippen LogP contribution in [-0.4, -0.2) is 43.7 Å². The SMILES string of the molecule is Cc1ccc(NCCC(C)N2CCNCC2)c(Br)c1. The third-order valence-corrected chi connectivity index (χ3v) is 4.43. The molecular weight excluding hydrogens is 302 g/mol. The zero-order chi connectivity index (χ0) is 13.7. The van der Waals surface area contributed by atoms with Gasteiger partial charge in [-0.05, 0) is 53.9 Å². The van der Waals surface area contributed by atoms with Crippen LogP contribution in [0.4, 0.5) is 5.69 Å². The quantitative estimate of drug-likeness (QED) is 0.871. The van der Waals surface area contributed by atoms with Crippen LogP contribution in [0.15, 0.2) is 22.7 Å². The summed E-state index contributed by atoms with van der Waals surface area (Å²) in [4.78, 5) is 2.57. The van der Waals surface area contributed by atoms with Crippen LogP contribution in [-0.2, 0) is 0 Å². The number of nitrogens with one attached hydrogen (secondary N) is 2. The van der Waals surface area contributed by atoms with Crippen LogP contribution in [0.25, 0.3) is 0 Å². The average Bonchev–Trinajstić information content (AvgIpc) is 2.42. The number of benzene rings is 1. The Morgan fingerprint density at radius 3 is 2.79 bits per heavy atom. The molecule has 1 aromatic rings. The average molecular weight is 326 g/mol. The molecule has 19 heavy (non-hydrogen) atoms. The topological polar surface area (TPSA) is 27.3 Å². The summed E-state index contributed by atoms with van der Waals surface area (Å²) in [6.45, 7) is 10.1. The molecule has 1 fully saturated rings. The Bertz CT molecular complexity index is 402. The van der Waals surface area contributed by atoms with Gasteiger partial charge in [0.2, 0.25) is 0 Å². The monoisotopic (exact) mass is 325 g/mol.